The summed E-state index contributed by atoms with van der Waals surface area (Å²) in [6.45, 7) is 2.10. The van der Waals surface area contributed by atoms with Crippen LogP contribution in [0.4, 0.5) is 0 Å². The molecular formula is C8H12N2. The molecule has 1 rings (SSSR count). The average molecular weight is 136 g/mol. The molecule has 1 heterocycles. The van der Waals surface area contributed by atoms with Crippen molar-refractivity contribution in [3.8, 4) is 0 Å². The van der Waals surface area contributed by atoms with Gasteiger partial charge in [-0.2, -0.15) is 0 Å². The van der Waals surface area contributed by atoms with Crippen molar-refractivity contribution in [1.82, 2.24) is 4.98 Å². The summed E-state index contributed by atoms with van der Waals surface area (Å²) in [5.74, 6) is 0. The number of nitrogens with zero attached hydrogens (tertiary/aromatic N) is 1. The first-order chi connectivity index (χ1) is 4.88. The molecule has 0 saturated heterocycles. The molecule has 1 N–H and O–H groups in total. The summed E-state index contributed by atoms with van der Waals surface area (Å²) in [6.07, 6.45) is 2.90. The zero-order chi connectivity index (χ0) is 7.40. The molecule has 2 heteroatoms. The number of aromatic nitrogens is 1. The van der Waals surface area contributed by atoms with Gasteiger partial charge in [-0.05, 0) is 18.6 Å². The van der Waals surface area contributed by atoms with Crippen molar-refractivity contribution in [2.24, 2.45) is 4.99 Å². The third-order valence-electron chi connectivity index (χ3n) is 1.51. The molecule has 0 bridgehead atoms. The van der Waals surface area contributed by atoms with Crippen LogP contribution in [0, 0.1) is 0 Å². The number of aliphatic imine (C=N–C) groups is 1. The van der Waals surface area contributed by atoms with Crippen molar-refractivity contribution in [1.29, 1.82) is 0 Å². The van der Waals surface area contributed by atoms with E-state index in [1.54, 1.807) is 0 Å². The van der Waals surface area contributed by atoms with Gasteiger partial charge in [-0.15, -0.1) is 0 Å². The van der Waals surface area contributed by atoms with E-state index in [-0.39, 0.29) is 0 Å². The molecular weight excluding hydrogens is 124 g/mol. The van der Waals surface area contributed by atoms with Gasteiger partial charge >= 0.3 is 0 Å². The summed E-state index contributed by atoms with van der Waals surface area (Å²) in [4.78, 5) is 7.24. The lowest BCUT2D eigenvalue weighted by molar-refractivity contribution is 1.21. The first-order valence-electron chi connectivity index (χ1n) is 3.48. The molecule has 0 radical (unpaired) electrons. The maximum absolute atomic E-state index is 4.13. The molecule has 0 spiro atoms. The van der Waals surface area contributed by atoms with Crippen molar-refractivity contribution in [3.63, 3.8) is 0 Å². The zero-order valence-electron chi connectivity index (χ0n) is 6.39. The molecule has 0 atom stereocenters. The Balaban J connectivity index is 2.85. The molecule has 0 amide bonds. The fraction of sp³-hybridized carbons (Fsp3) is 0.375. The predicted molar refractivity (Wildman–Crippen MR) is 43.5 cm³/mol. The third kappa shape index (κ3) is 1.26. The fourth-order valence-electron chi connectivity index (χ4n) is 0.979. The number of rotatable bonds is 2. The summed E-state index contributed by atoms with van der Waals surface area (Å²) in [6, 6.07) is 4.02. The molecule has 0 fully saturated rings. The molecule has 0 aliphatic carbocycles. The van der Waals surface area contributed by atoms with Crippen molar-refractivity contribution in [2.45, 2.75) is 13.3 Å². The van der Waals surface area contributed by atoms with Crippen molar-refractivity contribution < 1.29 is 0 Å². The Morgan fingerprint density at radius 2 is 2.50 bits per heavy atom. The average Bonchev–Trinajstić information content (AvgIpc) is 2.43. The Kier molecular flexibility index (Phi) is 2.26. The second kappa shape index (κ2) is 3.20. The van der Waals surface area contributed by atoms with Gasteiger partial charge in [-0.3, -0.25) is 4.99 Å². The normalized spacial score (nSPS) is 12.0. The standard InChI is InChI=1S/C8H12N2/c1-3-7(9-2)8-5-4-6-10-8/h4-6,10H,3H2,1-2H3. The lowest BCUT2D eigenvalue weighted by Crippen LogP contribution is -1.97. The van der Waals surface area contributed by atoms with Crippen molar-refractivity contribution in [3.05, 3.63) is 24.0 Å². The highest BCUT2D eigenvalue weighted by Crippen LogP contribution is 1.99. The van der Waals surface area contributed by atoms with E-state index in [0.717, 1.165) is 17.8 Å². The summed E-state index contributed by atoms with van der Waals surface area (Å²) < 4.78 is 0. The quantitative estimate of drug-likeness (QED) is 0.601. The largest absolute Gasteiger partial charge is 0.360 e. The second-order valence-corrected chi connectivity index (χ2v) is 2.11. The van der Waals surface area contributed by atoms with Gasteiger partial charge in [-0.1, -0.05) is 6.92 Å². The Morgan fingerprint density at radius 3 is 2.90 bits per heavy atom. The molecule has 54 valence electrons. The Bertz CT molecular complexity index is 209. The number of nitrogens with one attached hydrogen (secondary N) is 1. The molecule has 1 aromatic heterocycles. The monoisotopic (exact) mass is 136 g/mol. The topological polar surface area (TPSA) is 28.1 Å². The van der Waals surface area contributed by atoms with E-state index >= 15 is 0 Å². The first kappa shape index (κ1) is 7.06. The molecule has 0 aliphatic heterocycles. The van der Waals surface area contributed by atoms with E-state index in [2.05, 4.69) is 16.9 Å². The van der Waals surface area contributed by atoms with E-state index in [0.29, 0.717) is 0 Å². The molecule has 2 nitrogen and oxygen atoms in total. The van der Waals surface area contributed by atoms with Crippen LogP contribution in [-0.4, -0.2) is 17.7 Å². The van der Waals surface area contributed by atoms with Crippen LogP contribution in [0.25, 0.3) is 0 Å². The number of H-pyrrole nitrogens is 1. The van der Waals surface area contributed by atoms with Gasteiger partial charge in [0, 0.05) is 13.2 Å². The van der Waals surface area contributed by atoms with E-state index in [9.17, 15) is 0 Å². The predicted octanol–water partition coefficient (Wildman–Crippen LogP) is 1.84. The Labute approximate surface area is 61.0 Å². The minimum absolute atomic E-state index is 0.983. The van der Waals surface area contributed by atoms with Gasteiger partial charge in [0.1, 0.15) is 0 Å². The smallest absolute Gasteiger partial charge is 0.0594 e. The van der Waals surface area contributed by atoms with Crippen LogP contribution in [-0.2, 0) is 0 Å². The maximum Gasteiger partial charge on any atom is 0.0594 e. The highest BCUT2D eigenvalue weighted by Gasteiger charge is 1.97. The van der Waals surface area contributed by atoms with Crippen LogP contribution in [0.3, 0.4) is 0 Å². The van der Waals surface area contributed by atoms with Crippen molar-refractivity contribution >= 4 is 5.71 Å². The van der Waals surface area contributed by atoms with Gasteiger partial charge in [0.05, 0.1) is 11.4 Å². The van der Waals surface area contributed by atoms with E-state index in [1.807, 2.05) is 25.4 Å². The summed E-state index contributed by atoms with van der Waals surface area (Å²) >= 11 is 0. The molecule has 1 aromatic rings. The van der Waals surface area contributed by atoms with E-state index in [1.165, 1.54) is 0 Å². The Morgan fingerprint density at radius 1 is 1.70 bits per heavy atom. The summed E-state index contributed by atoms with van der Waals surface area (Å²) in [5.41, 5.74) is 2.26. The number of hydrogen-bond acceptors (Lipinski definition) is 1. The van der Waals surface area contributed by atoms with Crippen LogP contribution < -0.4 is 0 Å². The Hall–Kier alpha value is -1.05. The van der Waals surface area contributed by atoms with Crippen LogP contribution >= 0.6 is 0 Å². The lowest BCUT2D eigenvalue weighted by atomic mass is 10.2. The summed E-state index contributed by atoms with van der Waals surface area (Å²) in [5, 5.41) is 0. The number of hydrogen-bond donors (Lipinski definition) is 1. The van der Waals surface area contributed by atoms with Crippen LogP contribution in [0.2, 0.25) is 0 Å². The van der Waals surface area contributed by atoms with Gasteiger partial charge in [0.25, 0.3) is 0 Å². The molecule has 10 heavy (non-hydrogen) atoms. The summed E-state index contributed by atoms with van der Waals surface area (Å²) in [7, 11) is 1.82. The second-order valence-electron chi connectivity index (χ2n) is 2.11. The molecule has 0 aliphatic rings. The van der Waals surface area contributed by atoms with E-state index in [4.69, 9.17) is 0 Å². The van der Waals surface area contributed by atoms with Crippen LogP contribution in [0.1, 0.15) is 19.0 Å². The van der Waals surface area contributed by atoms with Crippen LogP contribution in [0.15, 0.2) is 23.3 Å². The van der Waals surface area contributed by atoms with Gasteiger partial charge in [0.15, 0.2) is 0 Å². The molecule has 0 aromatic carbocycles. The highest BCUT2D eigenvalue weighted by molar-refractivity contribution is 5.98. The lowest BCUT2D eigenvalue weighted by Gasteiger charge is -1.96. The highest BCUT2D eigenvalue weighted by atomic mass is 14.8. The minimum Gasteiger partial charge on any atom is -0.360 e. The van der Waals surface area contributed by atoms with Gasteiger partial charge in [-0.25, -0.2) is 0 Å². The number of aromatic amines is 1. The SMILES string of the molecule is CCC(=NC)c1ccc[nH]1. The third-order valence-corrected chi connectivity index (χ3v) is 1.51. The maximum atomic E-state index is 4.13. The fourth-order valence-corrected chi connectivity index (χ4v) is 0.979. The van der Waals surface area contributed by atoms with Crippen LogP contribution in [0.5, 0.6) is 0 Å². The first-order valence-corrected chi connectivity index (χ1v) is 3.48. The zero-order valence-corrected chi connectivity index (χ0v) is 6.39. The molecule has 0 saturated carbocycles. The van der Waals surface area contributed by atoms with E-state index < -0.39 is 0 Å². The minimum atomic E-state index is 0.983. The molecule has 0 unspecified atom stereocenters. The van der Waals surface area contributed by atoms with Gasteiger partial charge in [0.2, 0.25) is 0 Å². The van der Waals surface area contributed by atoms with Gasteiger partial charge < -0.3 is 4.98 Å². The van der Waals surface area contributed by atoms with Crippen molar-refractivity contribution in [2.75, 3.05) is 7.05 Å².